The second-order valence-electron chi connectivity index (χ2n) is 14.5. The number of methoxy groups -OCH3 is 1. The molecule has 0 unspecified atom stereocenters. The Balaban J connectivity index is 0.000000280. The van der Waals surface area contributed by atoms with Crippen molar-refractivity contribution in [3.05, 3.63) is 157 Å². The van der Waals surface area contributed by atoms with Crippen LogP contribution in [0.5, 0.6) is 0 Å². The molecule has 4 aromatic carbocycles. The highest BCUT2D eigenvalue weighted by molar-refractivity contribution is 5.94. The number of nitrogens with one attached hydrogen (secondary N) is 3. The molecule has 0 radical (unpaired) electrons. The van der Waals surface area contributed by atoms with Gasteiger partial charge in [-0.25, -0.2) is 25.4 Å². The number of hydroxylamine groups is 1. The second-order valence-corrected chi connectivity index (χ2v) is 14.5. The van der Waals surface area contributed by atoms with Crippen LogP contribution >= 0.6 is 0 Å². The lowest BCUT2D eigenvalue weighted by molar-refractivity contribution is -0.140. The highest BCUT2D eigenvalue weighted by atomic mass is 16.5. The largest absolute Gasteiger partial charge is 0.469 e. The zero-order chi connectivity index (χ0) is 45.2. The minimum Gasteiger partial charge on any atom is -0.469 e. The summed E-state index contributed by atoms with van der Waals surface area (Å²) in [6, 6.07) is 39.3. The van der Waals surface area contributed by atoms with E-state index in [9.17, 15) is 19.2 Å². The zero-order valence-corrected chi connectivity index (χ0v) is 36.0. The Bertz CT molecular complexity index is 2050. The van der Waals surface area contributed by atoms with Crippen LogP contribution in [-0.4, -0.2) is 69.0 Å². The van der Waals surface area contributed by atoms with E-state index in [4.69, 9.17) is 5.21 Å². The van der Waals surface area contributed by atoms with Crippen molar-refractivity contribution in [3.63, 3.8) is 0 Å². The highest BCUT2D eigenvalue weighted by Crippen LogP contribution is 2.32. The molecule has 0 saturated carbocycles. The van der Waals surface area contributed by atoms with Crippen LogP contribution in [0.2, 0.25) is 0 Å². The van der Waals surface area contributed by atoms with Gasteiger partial charge in [-0.15, -0.1) is 0 Å². The number of benzene rings is 4. The van der Waals surface area contributed by atoms with Gasteiger partial charge in [-0.1, -0.05) is 106 Å². The molecule has 6 aromatic rings. The Hall–Kier alpha value is -7.52. The number of esters is 1. The molecule has 3 amide bonds. The Morgan fingerprint density at radius 2 is 0.815 bits per heavy atom. The summed E-state index contributed by atoms with van der Waals surface area (Å²) in [6.07, 6.45) is 13.7. The summed E-state index contributed by atoms with van der Waals surface area (Å²) in [5, 5.41) is 14.2. The molecule has 0 spiro atoms. The number of carbonyl (C=O) groups excluding carboxylic acids is 4. The minimum atomic E-state index is -0.375. The maximum atomic E-state index is 12.4. The molecular weight excluding hydrogens is 823 g/mol. The number of rotatable bonds is 22. The van der Waals surface area contributed by atoms with Gasteiger partial charge in [0.25, 0.3) is 11.8 Å². The number of anilines is 6. The first kappa shape index (κ1) is 50.1. The smallest absolute Gasteiger partial charge is 0.305 e. The number of ether oxygens (including phenoxy) is 1. The standard InChI is InChI=1S/C25H28N4O3.C24H27N5O3.CH4/c1-32-23(30)16-10-2-3-11-17-26-24(31)20-18-27-25(28-19-20)29(21-12-6-4-7-13-21)22-14-8-5-9-15-22;30-22(28-32)15-9-1-2-10-16-25-23(31)19-17-26-24(27-18-19)29(20-11-5-3-6-12-20)21-13-7-4-8-14-21;/h4-9,12-15,18-19H,2-3,10-11,16-17H2,1H3,(H,26,31);3-8,11-14,17-18,32H,1-2,9-10,15-16H2,(H,25,31)(H,28,30);1H4. The third-order valence-corrected chi connectivity index (χ3v) is 9.82. The van der Waals surface area contributed by atoms with Gasteiger partial charge < -0.3 is 15.4 Å². The molecule has 0 aliphatic heterocycles. The second kappa shape index (κ2) is 28.2. The van der Waals surface area contributed by atoms with Crippen LogP contribution in [0.1, 0.15) is 92.4 Å². The van der Waals surface area contributed by atoms with Gasteiger partial charge >= 0.3 is 5.97 Å². The Morgan fingerprint density at radius 3 is 1.14 bits per heavy atom. The minimum absolute atomic E-state index is 0. The lowest BCUT2D eigenvalue weighted by Crippen LogP contribution is -2.25. The lowest BCUT2D eigenvalue weighted by Gasteiger charge is -2.22. The van der Waals surface area contributed by atoms with Crippen molar-refractivity contribution in [1.82, 2.24) is 36.0 Å². The van der Waals surface area contributed by atoms with Gasteiger partial charge in [-0.3, -0.25) is 34.2 Å². The van der Waals surface area contributed by atoms with E-state index >= 15 is 0 Å². The normalized spacial score (nSPS) is 10.2. The summed E-state index contributed by atoms with van der Waals surface area (Å²) in [7, 11) is 1.40. The van der Waals surface area contributed by atoms with E-state index in [1.165, 1.54) is 19.5 Å². The summed E-state index contributed by atoms with van der Waals surface area (Å²) in [4.78, 5) is 68.5. The van der Waals surface area contributed by atoms with E-state index in [0.29, 0.717) is 55.4 Å². The maximum Gasteiger partial charge on any atom is 0.305 e. The number of hydrogen-bond acceptors (Lipinski definition) is 12. The van der Waals surface area contributed by atoms with Crippen molar-refractivity contribution in [2.24, 2.45) is 0 Å². The van der Waals surface area contributed by atoms with Crippen LogP contribution in [0.3, 0.4) is 0 Å². The van der Waals surface area contributed by atoms with Crippen LogP contribution in [0.4, 0.5) is 34.6 Å². The number of amides is 3. The molecule has 6 rings (SSSR count). The van der Waals surface area contributed by atoms with Gasteiger partial charge in [0.05, 0.1) is 18.2 Å². The predicted molar refractivity (Wildman–Crippen MR) is 253 cm³/mol. The fraction of sp³-hybridized carbons (Fsp3) is 0.280. The molecule has 15 heteroatoms. The molecule has 340 valence electrons. The fourth-order valence-corrected chi connectivity index (χ4v) is 6.45. The van der Waals surface area contributed by atoms with Crippen molar-refractivity contribution in [1.29, 1.82) is 0 Å². The van der Waals surface area contributed by atoms with Crippen molar-refractivity contribution in [3.8, 4) is 0 Å². The van der Waals surface area contributed by atoms with E-state index < -0.39 is 0 Å². The van der Waals surface area contributed by atoms with E-state index in [2.05, 4.69) is 35.3 Å². The van der Waals surface area contributed by atoms with Crippen LogP contribution in [0.25, 0.3) is 0 Å². The zero-order valence-electron chi connectivity index (χ0n) is 36.0. The molecule has 4 N–H and O–H groups in total. The SMILES string of the molecule is C.COC(=O)CCCCCCNC(=O)c1cnc(N(c2ccccc2)c2ccccc2)nc1.O=C(CCCCCCNC(=O)c1cnc(N(c2ccccc2)c2ccccc2)nc1)NO. The number of hydrogen-bond donors (Lipinski definition) is 4. The molecular formula is C50H59N9O6. The molecule has 0 aliphatic carbocycles. The molecule has 0 bridgehead atoms. The third kappa shape index (κ3) is 16.6. The molecule has 0 fully saturated rings. The molecule has 2 aromatic heterocycles. The topological polar surface area (TPSA) is 192 Å². The molecule has 0 atom stereocenters. The third-order valence-electron chi connectivity index (χ3n) is 9.82. The molecule has 0 saturated heterocycles. The summed E-state index contributed by atoms with van der Waals surface area (Å²) in [6.45, 7) is 1.10. The van der Waals surface area contributed by atoms with Gasteiger partial charge in [-0.05, 0) is 74.2 Å². The summed E-state index contributed by atoms with van der Waals surface area (Å²) in [5.74, 6) is -0.00521. The predicted octanol–water partition coefficient (Wildman–Crippen LogP) is 9.57. The van der Waals surface area contributed by atoms with Gasteiger partial charge in [0.2, 0.25) is 17.8 Å². The van der Waals surface area contributed by atoms with E-state index in [0.717, 1.165) is 67.7 Å². The van der Waals surface area contributed by atoms with Crippen molar-refractivity contribution in [2.75, 3.05) is 30.0 Å². The van der Waals surface area contributed by atoms with Crippen LogP contribution in [0.15, 0.2) is 146 Å². The van der Waals surface area contributed by atoms with Crippen LogP contribution in [0, 0.1) is 0 Å². The average molecular weight is 882 g/mol. The van der Waals surface area contributed by atoms with Gasteiger partial charge in [0.15, 0.2) is 0 Å². The quantitative estimate of drug-likeness (QED) is 0.0219. The first-order valence-electron chi connectivity index (χ1n) is 21.4. The number of unbranched alkanes of at least 4 members (excludes halogenated alkanes) is 6. The number of carbonyl (C=O) groups is 4. The summed E-state index contributed by atoms with van der Waals surface area (Å²) >= 11 is 0. The van der Waals surface area contributed by atoms with Crippen molar-refractivity contribution in [2.45, 2.75) is 71.6 Å². The fourth-order valence-electron chi connectivity index (χ4n) is 6.45. The lowest BCUT2D eigenvalue weighted by atomic mass is 10.1. The Labute approximate surface area is 381 Å². The monoisotopic (exact) mass is 881 g/mol. The van der Waals surface area contributed by atoms with Gasteiger partial charge in [0, 0.05) is 73.5 Å². The van der Waals surface area contributed by atoms with Crippen LogP contribution in [-0.2, 0) is 14.3 Å². The summed E-state index contributed by atoms with van der Waals surface area (Å²) < 4.78 is 4.62. The van der Waals surface area contributed by atoms with Crippen molar-refractivity contribution >= 4 is 58.3 Å². The van der Waals surface area contributed by atoms with E-state index in [-0.39, 0.29) is 31.1 Å². The Morgan fingerprint density at radius 1 is 0.492 bits per heavy atom. The summed E-state index contributed by atoms with van der Waals surface area (Å²) in [5.41, 5.74) is 6.15. The number of aromatic nitrogens is 4. The number of nitrogens with zero attached hydrogens (tertiary/aromatic N) is 6. The molecule has 2 heterocycles. The highest BCUT2D eigenvalue weighted by Gasteiger charge is 2.17. The Kier molecular flexibility index (Phi) is 21.8. The van der Waals surface area contributed by atoms with Gasteiger partial charge in [-0.2, -0.15) is 0 Å². The molecule has 65 heavy (non-hydrogen) atoms. The maximum absolute atomic E-state index is 12.4. The van der Waals surface area contributed by atoms with Gasteiger partial charge in [0.1, 0.15) is 0 Å². The van der Waals surface area contributed by atoms with E-state index in [1.807, 2.05) is 131 Å². The van der Waals surface area contributed by atoms with E-state index in [1.54, 1.807) is 17.9 Å². The molecule has 0 aliphatic rings. The van der Waals surface area contributed by atoms with Crippen LogP contribution < -0.4 is 25.9 Å². The average Bonchev–Trinajstić information content (AvgIpc) is 3.35. The first-order valence-corrected chi connectivity index (χ1v) is 21.4. The van der Waals surface area contributed by atoms with Crippen molar-refractivity contribution < 1.29 is 29.1 Å². The molecule has 15 nitrogen and oxygen atoms in total. The first-order chi connectivity index (χ1) is 31.4. The number of para-hydroxylation sites is 4.